The lowest BCUT2D eigenvalue weighted by molar-refractivity contribution is -0.142. The predicted molar refractivity (Wildman–Crippen MR) is 78.2 cm³/mol. The van der Waals surface area contributed by atoms with E-state index in [-0.39, 0.29) is 23.6 Å². The van der Waals surface area contributed by atoms with Crippen molar-refractivity contribution < 1.29 is 17.9 Å². The smallest absolute Gasteiger partial charge is 0.308 e. The van der Waals surface area contributed by atoms with Crippen molar-refractivity contribution in [3.05, 3.63) is 29.0 Å². The lowest BCUT2D eigenvalue weighted by Gasteiger charge is -2.13. The van der Waals surface area contributed by atoms with Gasteiger partial charge in [0.25, 0.3) is 0 Å². The summed E-state index contributed by atoms with van der Waals surface area (Å²) in [6.45, 7) is 1.70. The van der Waals surface area contributed by atoms with Crippen LogP contribution in [0.15, 0.2) is 18.2 Å². The van der Waals surface area contributed by atoms with Gasteiger partial charge in [0.2, 0.25) is 10.0 Å². The van der Waals surface area contributed by atoms with Gasteiger partial charge in [0.05, 0.1) is 30.5 Å². The molecule has 21 heavy (non-hydrogen) atoms. The summed E-state index contributed by atoms with van der Waals surface area (Å²) in [7, 11) is -2.19. The highest BCUT2D eigenvalue weighted by Gasteiger charge is 2.46. The number of nitrogens with zero attached hydrogens (tertiary/aromatic N) is 1. The van der Waals surface area contributed by atoms with Gasteiger partial charge in [-0.1, -0.05) is 17.7 Å². The number of aromatic nitrogens is 1. The fourth-order valence-electron chi connectivity index (χ4n) is 2.20. The molecular weight excluding hydrogens is 316 g/mol. The summed E-state index contributed by atoms with van der Waals surface area (Å²) in [5, 5.41) is 0.312. The Bertz CT molecular complexity index is 635. The summed E-state index contributed by atoms with van der Waals surface area (Å²) in [5.41, 5.74) is 0.548. The Morgan fingerprint density at radius 2 is 2.29 bits per heavy atom. The Morgan fingerprint density at radius 3 is 2.90 bits per heavy atom. The van der Waals surface area contributed by atoms with Crippen molar-refractivity contribution in [2.75, 3.05) is 12.9 Å². The molecule has 0 aromatic carbocycles. The van der Waals surface area contributed by atoms with Gasteiger partial charge in [0, 0.05) is 0 Å². The molecule has 1 unspecified atom stereocenters. The van der Waals surface area contributed by atoms with Gasteiger partial charge < -0.3 is 4.74 Å². The van der Waals surface area contributed by atoms with Crippen molar-refractivity contribution in [1.82, 2.24) is 9.71 Å². The van der Waals surface area contributed by atoms with Crippen molar-refractivity contribution in [2.45, 2.75) is 19.4 Å². The average molecular weight is 333 g/mol. The lowest BCUT2D eigenvalue weighted by Crippen LogP contribution is -2.30. The van der Waals surface area contributed by atoms with Crippen LogP contribution in [0.2, 0.25) is 5.15 Å². The highest BCUT2D eigenvalue weighted by atomic mass is 35.5. The zero-order valence-electron chi connectivity index (χ0n) is 11.7. The summed E-state index contributed by atoms with van der Waals surface area (Å²) in [6, 6.07) is 4.55. The number of sulfonamides is 1. The summed E-state index contributed by atoms with van der Waals surface area (Å²) < 4.78 is 31.3. The number of ether oxygens (including phenoxy) is 1. The minimum atomic E-state index is -3.49. The Hall–Kier alpha value is -1.18. The van der Waals surface area contributed by atoms with Gasteiger partial charge in [-0.2, -0.15) is 0 Å². The molecule has 1 aromatic rings. The SMILES string of the molecule is COC(=O)[C@@H]1C[C@H]1CS(=O)(=O)NC(C)c1cccc(Cl)n1. The van der Waals surface area contributed by atoms with Crippen LogP contribution < -0.4 is 4.72 Å². The number of nitrogens with one attached hydrogen (secondary N) is 1. The molecule has 0 spiro atoms. The average Bonchev–Trinajstić information content (AvgIpc) is 3.15. The van der Waals surface area contributed by atoms with Gasteiger partial charge >= 0.3 is 5.97 Å². The molecule has 0 amide bonds. The molecule has 3 atom stereocenters. The first kappa shape index (κ1) is 16.2. The summed E-state index contributed by atoms with van der Waals surface area (Å²) >= 11 is 5.78. The molecule has 6 nitrogen and oxygen atoms in total. The van der Waals surface area contributed by atoms with Crippen LogP contribution >= 0.6 is 11.6 Å². The minimum Gasteiger partial charge on any atom is -0.469 e. The third kappa shape index (κ3) is 4.39. The van der Waals surface area contributed by atoms with Gasteiger partial charge in [0.15, 0.2) is 0 Å². The Balaban J connectivity index is 1.94. The molecule has 8 heteroatoms. The van der Waals surface area contributed by atoms with E-state index in [9.17, 15) is 13.2 Å². The van der Waals surface area contributed by atoms with E-state index in [0.717, 1.165) is 0 Å². The standard InChI is InChI=1S/C13H17ClN2O4S/c1-8(11-4-3-5-12(14)15-11)16-21(18,19)7-9-6-10(9)13(17)20-2/h3-5,8-10,16H,6-7H2,1-2H3/t8?,9-,10+/m0/s1. The van der Waals surface area contributed by atoms with Crippen LogP contribution in [0.3, 0.4) is 0 Å². The Morgan fingerprint density at radius 1 is 1.57 bits per heavy atom. The quantitative estimate of drug-likeness (QED) is 0.630. The summed E-state index contributed by atoms with van der Waals surface area (Å²) in [6.07, 6.45) is 0.553. The fourth-order valence-corrected chi connectivity index (χ4v) is 4.05. The minimum absolute atomic E-state index is 0.0856. The van der Waals surface area contributed by atoms with Crippen molar-refractivity contribution >= 4 is 27.6 Å². The van der Waals surface area contributed by atoms with Crippen molar-refractivity contribution in [3.63, 3.8) is 0 Å². The molecule has 2 rings (SSSR count). The zero-order chi connectivity index (χ0) is 15.6. The van der Waals surface area contributed by atoms with Gasteiger partial charge in [0.1, 0.15) is 5.15 Å². The van der Waals surface area contributed by atoms with E-state index in [0.29, 0.717) is 17.3 Å². The summed E-state index contributed by atoms with van der Waals surface area (Å²) in [5.74, 6) is -0.905. The molecule has 116 valence electrons. The van der Waals surface area contributed by atoms with E-state index >= 15 is 0 Å². The topological polar surface area (TPSA) is 85.4 Å². The Kier molecular flexibility index (Phi) is 4.85. The first-order valence-electron chi connectivity index (χ1n) is 6.52. The van der Waals surface area contributed by atoms with Gasteiger partial charge in [-0.05, 0) is 31.4 Å². The molecule has 1 fully saturated rings. The number of halogens is 1. The molecule has 0 radical (unpaired) electrons. The molecule has 1 N–H and O–H groups in total. The largest absolute Gasteiger partial charge is 0.469 e. The molecule has 1 aliphatic carbocycles. The maximum atomic E-state index is 12.1. The van der Waals surface area contributed by atoms with Crippen LogP contribution in [0.4, 0.5) is 0 Å². The van der Waals surface area contributed by atoms with Crippen molar-refractivity contribution in [1.29, 1.82) is 0 Å². The number of methoxy groups -OCH3 is 1. The number of hydrogen-bond acceptors (Lipinski definition) is 5. The van der Waals surface area contributed by atoms with Crippen LogP contribution in [-0.2, 0) is 19.6 Å². The van der Waals surface area contributed by atoms with E-state index in [2.05, 4.69) is 14.4 Å². The highest BCUT2D eigenvalue weighted by Crippen LogP contribution is 2.40. The molecule has 1 saturated carbocycles. The molecule has 1 aromatic heterocycles. The molecule has 0 bridgehead atoms. The zero-order valence-corrected chi connectivity index (χ0v) is 13.3. The lowest BCUT2D eigenvalue weighted by atomic mass is 10.2. The number of esters is 1. The summed E-state index contributed by atoms with van der Waals surface area (Å²) in [4.78, 5) is 15.4. The molecule has 0 saturated heterocycles. The van der Waals surface area contributed by atoms with Gasteiger partial charge in [-0.3, -0.25) is 4.79 Å². The number of pyridine rings is 1. The number of carbonyl (C=O) groups is 1. The predicted octanol–water partition coefficient (Wildman–Crippen LogP) is 1.52. The molecule has 0 aliphatic heterocycles. The number of carbonyl (C=O) groups excluding carboxylic acids is 1. The maximum Gasteiger partial charge on any atom is 0.308 e. The van der Waals surface area contributed by atoms with Crippen LogP contribution in [-0.4, -0.2) is 32.2 Å². The van der Waals surface area contributed by atoms with Gasteiger partial charge in [-0.15, -0.1) is 0 Å². The Labute approximate surface area is 128 Å². The highest BCUT2D eigenvalue weighted by molar-refractivity contribution is 7.89. The first-order valence-corrected chi connectivity index (χ1v) is 8.55. The van der Waals surface area contributed by atoms with Crippen LogP contribution in [0.1, 0.15) is 25.1 Å². The van der Waals surface area contributed by atoms with Crippen LogP contribution in [0.25, 0.3) is 0 Å². The van der Waals surface area contributed by atoms with E-state index in [1.54, 1.807) is 25.1 Å². The van der Waals surface area contributed by atoms with Crippen LogP contribution in [0.5, 0.6) is 0 Å². The fraction of sp³-hybridized carbons (Fsp3) is 0.538. The third-order valence-electron chi connectivity index (χ3n) is 3.40. The molecule has 1 heterocycles. The second kappa shape index (κ2) is 6.29. The second-order valence-electron chi connectivity index (χ2n) is 5.13. The normalized spacial score (nSPS) is 22.6. The van der Waals surface area contributed by atoms with E-state index in [1.807, 2.05) is 0 Å². The number of rotatable bonds is 6. The van der Waals surface area contributed by atoms with Crippen molar-refractivity contribution in [3.8, 4) is 0 Å². The van der Waals surface area contributed by atoms with Crippen LogP contribution in [0, 0.1) is 11.8 Å². The molecule has 1 aliphatic rings. The third-order valence-corrected chi connectivity index (χ3v) is 5.19. The number of hydrogen-bond donors (Lipinski definition) is 1. The van der Waals surface area contributed by atoms with E-state index in [1.165, 1.54) is 7.11 Å². The second-order valence-corrected chi connectivity index (χ2v) is 7.32. The molecular formula is C13H17ClN2O4S. The van der Waals surface area contributed by atoms with Crippen molar-refractivity contribution in [2.24, 2.45) is 11.8 Å². The first-order chi connectivity index (χ1) is 9.82. The monoisotopic (exact) mass is 332 g/mol. The van der Waals surface area contributed by atoms with E-state index < -0.39 is 16.1 Å². The maximum absolute atomic E-state index is 12.1. The van der Waals surface area contributed by atoms with Gasteiger partial charge in [-0.25, -0.2) is 18.1 Å². The van der Waals surface area contributed by atoms with E-state index in [4.69, 9.17) is 11.6 Å².